The molecule has 1 amide bonds. The lowest BCUT2D eigenvalue weighted by atomic mass is 10.2. The second kappa shape index (κ2) is 6.27. The molecule has 1 fully saturated rings. The van der Waals surface area contributed by atoms with Crippen LogP contribution in [0, 0.1) is 0 Å². The number of nitrogens with zero attached hydrogens (tertiary/aromatic N) is 2. The van der Waals surface area contributed by atoms with Gasteiger partial charge in [0.1, 0.15) is 5.75 Å². The van der Waals surface area contributed by atoms with Gasteiger partial charge in [-0.1, -0.05) is 12.1 Å². The van der Waals surface area contributed by atoms with Crippen LogP contribution in [0.15, 0.2) is 29.3 Å². The molecule has 6 heteroatoms. The number of rotatable bonds is 5. The summed E-state index contributed by atoms with van der Waals surface area (Å²) in [6.07, 6.45) is 2.33. The second-order valence-electron chi connectivity index (χ2n) is 4.86. The Morgan fingerprint density at radius 2 is 2.20 bits per heavy atom. The van der Waals surface area contributed by atoms with E-state index in [4.69, 9.17) is 5.73 Å². The highest BCUT2D eigenvalue weighted by atomic mass is 16.3. The summed E-state index contributed by atoms with van der Waals surface area (Å²) in [6.45, 7) is 0.800. The summed E-state index contributed by atoms with van der Waals surface area (Å²) < 4.78 is 0. The molecule has 0 aromatic heterocycles. The molecule has 1 saturated carbocycles. The van der Waals surface area contributed by atoms with Crippen LogP contribution in [0.3, 0.4) is 0 Å². The molecule has 108 valence electrons. The van der Waals surface area contributed by atoms with Gasteiger partial charge in [-0.25, -0.2) is 0 Å². The monoisotopic (exact) mass is 276 g/mol. The molecule has 0 bridgehead atoms. The van der Waals surface area contributed by atoms with E-state index in [1.54, 1.807) is 18.2 Å². The maximum absolute atomic E-state index is 11.8. The van der Waals surface area contributed by atoms with E-state index >= 15 is 0 Å². The molecule has 0 aliphatic heterocycles. The van der Waals surface area contributed by atoms with Crippen molar-refractivity contribution >= 4 is 11.9 Å². The Bertz CT molecular complexity index is 512. The number of phenols is 1. The largest absolute Gasteiger partial charge is 0.507 e. The minimum Gasteiger partial charge on any atom is -0.507 e. The number of hydrogen-bond donors (Lipinski definition) is 3. The third kappa shape index (κ3) is 3.63. The number of benzene rings is 1. The van der Waals surface area contributed by atoms with Crippen LogP contribution >= 0.6 is 0 Å². The summed E-state index contributed by atoms with van der Waals surface area (Å²) in [7, 11) is 1.93. The number of hydrogen-bond acceptors (Lipinski definition) is 3. The summed E-state index contributed by atoms with van der Waals surface area (Å²) in [6, 6.07) is 6.95. The van der Waals surface area contributed by atoms with Crippen molar-refractivity contribution < 1.29 is 9.90 Å². The molecule has 20 heavy (non-hydrogen) atoms. The Kier molecular flexibility index (Phi) is 4.45. The van der Waals surface area contributed by atoms with E-state index in [0.29, 0.717) is 25.1 Å². The Balaban J connectivity index is 1.77. The molecule has 0 atom stereocenters. The predicted octanol–water partition coefficient (Wildman–Crippen LogP) is 0.531. The normalized spacial score (nSPS) is 14.9. The molecule has 1 aromatic rings. The van der Waals surface area contributed by atoms with E-state index in [1.165, 1.54) is 6.07 Å². The lowest BCUT2D eigenvalue weighted by Gasteiger charge is -2.16. The van der Waals surface area contributed by atoms with E-state index in [9.17, 15) is 9.90 Å². The molecule has 0 heterocycles. The van der Waals surface area contributed by atoms with Crippen LogP contribution < -0.4 is 11.1 Å². The molecule has 0 saturated heterocycles. The molecule has 0 unspecified atom stereocenters. The molecule has 2 rings (SSSR count). The van der Waals surface area contributed by atoms with Gasteiger partial charge in [0.05, 0.1) is 12.1 Å². The average molecular weight is 276 g/mol. The fourth-order valence-electron chi connectivity index (χ4n) is 1.86. The summed E-state index contributed by atoms with van der Waals surface area (Å²) in [5.74, 6) is 0.165. The SMILES string of the molecule is CN(C(N)=NCCNC(=O)c1ccccc1O)C1CC1. The number of amides is 1. The fraction of sp³-hybridized carbons (Fsp3) is 0.429. The molecule has 6 nitrogen and oxygen atoms in total. The van der Waals surface area contributed by atoms with Crippen LogP contribution in [0.5, 0.6) is 5.75 Å². The number of guanidine groups is 1. The summed E-state index contributed by atoms with van der Waals surface area (Å²) in [4.78, 5) is 18.0. The highest BCUT2D eigenvalue weighted by Crippen LogP contribution is 2.24. The van der Waals surface area contributed by atoms with Crippen molar-refractivity contribution in [2.24, 2.45) is 10.7 Å². The molecule has 1 aliphatic rings. The topological polar surface area (TPSA) is 91.0 Å². The smallest absolute Gasteiger partial charge is 0.255 e. The standard InChI is InChI=1S/C14H20N4O2/c1-18(10-6-7-10)14(15)17-9-8-16-13(20)11-4-2-3-5-12(11)19/h2-5,10,19H,6-9H2,1H3,(H2,15,17)(H,16,20). The van der Waals surface area contributed by atoms with Crippen molar-refractivity contribution in [1.29, 1.82) is 0 Å². The minimum atomic E-state index is -0.313. The number of phenolic OH excluding ortho intramolecular Hbond substituents is 1. The number of carbonyl (C=O) groups excluding carboxylic acids is 1. The van der Waals surface area contributed by atoms with E-state index in [-0.39, 0.29) is 17.2 Å². The molecule has 0 radical (unpaired) electrons. The molecule has 1 aliphatic carbocycles. The van der Waals surface area contributed by atoms with Crippen molar-refractivity contribution in [2.75, 3.05) is 20.1 Å². The molecule has 1 aromatic carbocycles. The van der Waals surface area contributed by atoms with Gasteiger partial charge < -0.3 is 21.1 Å². The van der Waals surface area contributed by atoms with Crippen LogP contribution in [-0.4, -0.2) is 48.1 Å². The van der Waals surface area contributed by atoms with Gasteiger partial charge in [0.25, 0.3) is 5.91 Å². The Hall–Kier alpha value is -2.24. The maximum atomic E-state index is 11.8. The highest BCUT2D eigenvalue weighted by molar-refractivity contribution is 5.96. The molecular weight excluding hydrogens is 256 g/mol. The van der Waals surface area contributed by atoms with Crippen LogP contribution in [0.25, 0.3) is 0 Å². The van der Waals surface area contributed by atoms with Crippen molar-refractivity contribution in [3.63, 3.8) is 0 Å². The van der Waals surface area contributed by atoms with Gasteiger partial charge in [0.2, 0.25) is 0 Å². The van der Waals surface area contributed by atoms with Crippen LogP contribution in [0.2, 0.25) is 0 Å². The number of para-hydroxylation sites is 1. The summed E-state index contributed by atoms with van der Waals surface area (Å²) in [5, 5.41) is 12.3. The summed E-state index contributed by atoms with van der Waals surface area (Å²) >= 11 is 0. The summed E-state index contributed by atoms with van der Waals surface area (Å²) in [5.41, 5.74) is 6.10. The zero-order chi connectivity index (χ0) is 14.5. The molecule has 4 N–H and O–H groups in total. The van der Waals surface area contributed by atoms with Gasteiger partial charge in [-0.3, -0.25) is 9.79 Å². The van der Waals surface area contributed by atoms with E-state index < -0.39 is 0 Å². The quantitative estimate of drug-likeness (QED) is 0.416. The Morgan fingerprint density at radius 3 is 2.85 bits per heavy atom. The first-order valence-corrected chi connectivity index (χ1v) is 6.68. The van der Waals surface area contributed by atoms with Gasteiger partial charge in [-0.05, 0) is 25.0 Å². The highest BCUT2D eigenvalue weighted by Gasteiger charge is 2.27. The average Bonchev–Trinajstić information content (AvgIpc) is 3.27. The first-order chi connectivity index (χ1) is 9.59. The maximum Gasteiger partial charge on any atom is 0.255 e. The molecule has 0 spiro atoms. The van der Waals surface area contributed by atoms with Crippen molar-refractivity contribution in [3.8, 4) is 5.75 Å². The third-order valence-corrected chi connectivity index (χ3v) is 3.28. The van der Waals surface area contributed by atoms with Gasteiger partial charge in [-0.15, -0.1) is 0 Å². The fourth-order valence-corrected chi connectivity index (χ4v) is 1.86. The van der Waals surface area contributed by atoms with Crippen molar-refractivity contribution in [2.45, 2.75) is 18.9 Å². The van der Waals surface area contributed by atoms with Gasteiger partial charge in [-0.2, -0.15) is 0 Å². The van der Waals surface area contributed by atoms with Crippen molar-refractivity contribution in [1.82, 2.24) is 10.2 Å². The van der Waals surface area contributed by atoms with Crippen LogP contribution in [-0.2, 0) is 0 Å². The minimum absolute atomic E-state index is 0.0264. The predicted molar refractivity (Wildman–Crippen MR) is 77.7 cm³/mol. The zero-order valence-electron chi connectivity index (χ0n) is 11.5. The van der Waals surface area contributed by atoms with Gasteiger partial charge in [0, 0.05) is 19.6 Å². The first-order valence-electron chi connectivity index (χ1n) is 6.68. The Labute approximate surface area is 118 Å². The number of carbonyl (C=O) groups is 1. The van der Waals surface area contributed by atoms with E-state index in [1.807, 2.05) is 11.9 Å². The second-order valence-corrected chi connectivity index (χ2v) is 4.86. The lowest BCUT2D eigenvalue weighted by molar-refractivity contribution is 0.0952. The van der Waals surface area contributed by atoms with E-state index in [0.717, 1.165) is 12.8 Å². The lowest BCUT2D eigenvalue weighted by Crippen LogP contribution is -2.36. The Morgan fingerprint density at radius 1 is 1.50 bits per heavy atom. The zero-order valence-corrected chi connectivity index (χ0v) is 11.5. The number of aromatic hydroxyl groups is 1. The first kappa shape index (κ1) is 14.2. The van der Waals surface area contributed by atoms with Crippen LogP contribution in [0.4, 0.5) is 0 Å². The van der Waals surface area contributed by atoms with Gasteiger partial charge >= 0.3 is 0 Å². The molecular formula is C14H20N4O2. The third-order valence-electron chi connectivity index (χ3n) is 3.28. The van der Waals surface area contributed by atoms with Crippen molar-refractivity contribution in [3.05, 3.63) is 29.8 Å². The van der Waals surface area contributed by atoms with Crippen LogP contribution in [0.1, 0.15) is 23.2 Å². The van der Waals surface area contributed by atoms with Gasteiger partial charge in [0.15, 0.2) is 5.96 Å². The number of nitrogens with two attached hydrogens (primary N) is 1. The number of aliphatic imine (C=N–C) groups is 1. The van der Waals surface area contributed by atoms with E-state index in [2.05, 4.69) is 10.3 Å². The number of nitrogens with one attached hydrogen (secondary N) is 1.